The van der Waals surface area contributed by atoms with Crippen LogP contribution in [0, 0.1) is 5.92 Å². The molecule has 1 aromatic rings. The quantitative estimate of drug-likeness (QED) is 0.910. The second-order valence-electron chi connectivity index (χ2n) is 7.15. The SMILES string of the molecule is CC(C)N1CCCC(CNC(=O)N2CCCC2c2cccs2)C1. The molecule has 2 amide bonds. The van der Waals surface area contributed by atoms with Crippen molar-refractivity contribution in [3.63, 3.8) is 0 Å². The Morgan fingerprint density at radius 1 is 1.35 bits per heavy atom. The molecule has 2 aliphatic rings. The molecule has 2 fully saturated rings. The fourth-order valence-corrected chi connectivity index (χ4v) is 4.73. The minimum Gasteiger partial charge on any atom is -0.338 e. The summed E-state index contributed by atoms with van der Waals surface area (Å²) >= 11 is 1.76. The summed E-state index contributed by atoms with van der Waals surface area (Å²) in [6, 6.07) is 5.26. The number of rotatable bonds is 4. The Labute approximate surface area is 143 Å². The average molecular weight is 336 g/mol. The van der Waals surface area contributed by atoms with Gasteiger partial charge in [-0.1, -0.05) is 6.07 Å². The van der Waals surface area contributed by atoms with Crippen LogP contribution in [0.25, 0.3) is 0 Å². The van der Waals surface area contributed by atoms with E-state index in [1.54, 1.807) is 11.3 Å². The van der Waals surface area contributed by atoms with Crippen molar-refractivity contribution in [3.05, 3.63) is 22.4 Å². The van der Waals surface area contributed by atoms with Crippen LogP contribution in [0.1, 0.15) is 50.4 Å². The molecule has 3 heterocycles. The van der Waals surface area contributed by atoms with Crippen LogP contribution in [0.15, 0.2) is 17.5 Å². The molecule has 2 saturated heterocycles. The molecule has 0 saturated carbocycles. The van der Waals surface area contributed by atoms with Crippen LogP contribution in [-0.2, 0) is 0 Å². The van der Waals surface area contributed by atoms with Gasteiger partial charge in [-0.2, -0.15) is 0 Å². The van der Waals surface area contributed by atoms with Crippen LogP contribution >= 0.6 is 11.3 Å². The highest BCUT2D eigenvalue weighted by Crippen LogP contribution is 2.34. The van der Waals surface area contributed by atoms with Gasteiger partial charge in [0, 0.05) is 30.6 Å². The predicted octanol–water partition coefficient (Wildman–Crippen LogP) is 3.72. The van der Waals surface area contributed by atoms with Gasteiger partial charge < -0.3 is 15.1 Å². The van der Waals surface area contributed by atoms with E-state index in [-0.39, 0.29) is 12.1 Å². The second kappa shape index (κ2) is 7.67. The summed E-state index contributed by atoms with van der Waals surface area (Å²) < 4.78 is 0. The number of nitrogens with one attached hydrogen (secondary N) is 1. The van der Waals surface area contributed by atoms with Crippen LogP contribution in [0.3, 0.4) is 0 Å². The first-order chi connectivity index (χ1) is 11.1. The maximum Gasteiger partial charge on any atom is 0.317 e. The van der Waals surface area contributed by atoms with Crippen LogP contribution in [0.5, 0.6) is 0 Å². The first-order valence-electron chi connectivity index (χ1n) is 8.97. The third kappa shape index (κ3) is 4.07. The number of hydrogen-bond acceptors (Lipinski definition) is 3. The summed E-state index contributed by atoms with van der Waals surface area (Å²) in [5.41, 5.74) is 0. The van der Waals surface area contributed by atoms with Gasteiger partial charge in [-0.15, -0.1) is 11.3 Å². The first kappa shape index (κ1) is 16.8. The number of piperidine rings is 1. The fraction of sp³-hybridized carbons (Fsp3) is 0.722. The number of carbonyl (C=O) groups is 1. The Kier molecular flexibility index (Phi) is 5.59. The van der Waals surface area contributed by atoms with Gasteiger partial charge in [0.25, 0.3) is 0 Å². The Morgan fingerprint density at radius 2 is 2.17 bits per heavy atom. The molecular formula is C18H29N3OS. The molecule has 2 atom stereocenters. The molecule has 4 nitrogen and oxygen atoms in total. The summed E-state index contributed by atoms with van der Waals surface area (Å²) in [6.07, 6.45) is 4.69. The summed E-state index contributed by atoms with van der Waals surface area (Å²) in [5.74, 6) is 0.595. The summed E-state index contributed by atoms with van der Waals surface area (Å²) in [4.78, 5) is 18.5. The van der Waals surface area contributed by atoms with Crippen molar-refractivity contribution < 1.29 is 4.79 Å². The first-order valence-corrected chi connectivity index (χ1v) is 9.85. The number of urea groups is 1. The zero-order valence-corrected chi connectivity index (χ0v) is 15.1. The van der Waals surface area contributed by atoms with E-state index in [4.69, 9.17) is 0 Å². The van der Waals surface area contributed by atoms with Crippen molar-refractivity contribution in [2.45, 2.75) is 51.6 Å². The number of amides is 2. The molecule has 0 aromatic carbocycles. The summed E-state index contributed by atoms with van der Waals surface area (Å²) in [5, 5.41) is 5.31. The highest BCUT2D eigenvalue weighted by Gasteiger charge is 2.31. The highest BCUT2D eigenvalue weighted by atomic mass is 32.1. The summed E-state index contributed by atoms with van der Waals surface area (Å²) in [7, 11) is 0. The lowest BCUT2D eigenvalue weighted by Gasteiger charge is -2.35. The molecule has 5 heteroatoms. The van der Waals surface area contributed by atoms with Crippen molar-refractivity contribution in [3.8, 4) is 0 Å². The van der Waals surface area contributed by atoms with Crippen LogP contribution in [0.4, 0.5) is 4.79 Å². The number of hydrogen-bond donors (Lipinski definition) is 1. The standard InChI is InChI=1S/C18H29N3OS/c1-14(2)20-9-3-6-15(13-20)12-19-18(22)21-10-4-7-16(21)17-8-5-11-23-17/h5,8,11,14-16H,3-4,6-7,9-10,12-13H2,1-2H3,(H,19,22). The molecule has 0 spiro atoms. The topological polar surface area (TPSA) is 35.6 Å². The Bertz CT molecular complexity index is 502. The lowest BCUT2D eigenvalue weighted by Crippen LogP contribution is -2.46. The molecule has 2 unspecified atom stereocenters. The van der Waals surface area contributed by atoms with Gasteiger partial charge in [0.2, 0.25) is 0 Å². The molecule has 0 aliphatic carbocycles. The molecule has 1 N–H and O–H groups in total. The smallest absolute Gasteiger partial charge is 0.317 e. The van der Waals surface area contributed by atoms with Crippen LogP contribution in [-0.4, -0.2) is 48.1 Å². The van der Waals surface area contributed by atoms with E-state index in [1.807, 2.05) is 4.90 Å². The number of likely N-dealkylation sites (tertiary alicyclic amines) is 2. The Hall–Kier alpha value is -1.07. The van der Waals surface area contributed by atoms with E-state index < -0.39 is 0 Å². The van der Waals surface area contributed by atoms with E-state index in [1.165, 1.54) is 24.3 Å². The molecule has 128 valence electrons. The summed E-state index contributed by atoms with van der Waals surface area (Å²) in [6.45, 7) is 8.54. The molecule has 1 aromatic heterocycles. The highest BCUT2D eigenvalue weighted by molar-refractivity contribution is 7.10. The van der Waals surface area contributed by atoms with Crippen molar-refractivity contribution in [2.75, 3.05) is 26.2 Å². The van der Waals surface area contributed by atoms with Gasteiger partial charge in [-0.25, -0.2) is 4.79 Å². The molecule has 3 rings (SSSR count). The van der Waals surface area contributed by atoms with E-state index in [9.17, 15) is 4.79 Å². The third-order valence-electron chi connectivity index (χ3n) is 5.21. The van der Waals surface area contributed by atoms with Gasteiger partial charge in [0.05, 0.1) is 6.04 Å². The minimum atomic E-state index is 0.127. The molecule has 0 radical (unpaired) electrons. The third-order valence-corrected chi connectivity index (χ3v) is 6.18. The fourth-order valence-electron chi connectivity index (χ4n) is 3.85. The maximum atomic E-state index is 12.6. The van der Waals surface area contributed by atoms with Crippen LogP contribution in [0.2, 0.25) is 0 Å². The van der Waals surface area contributed by atoms with Gasteiger partial charge in [0.1, 0.15) is 0 Å². The van der Waals surface area contributed by atoms with Crippen molar-refractivity contribution >= 4 is 17.4 Å². The van der Waals surface area contributed by atoms with E-state index in [2.05, 4.69) is 41.6 Å². The largest absolute Gasteiger partial charge is 0.338 e. The monoisotopic (exact) mass is 335 g/mol. The zero-order valence-electron chi connectivity index (χ0n) is 14.3. The van der Waals surface area contributed by atoms with Gasteiger partial charge in [-0.3, -0.25) is 0 Å². The van der Waals surface area contributed by atoms with Gasteiger partial charge in [0.15, 0.2) is 0 Å². The molecule has 2 aliphatic heterocycles. The van der Waals surface area contributed by atoms with Crippen LogP contribution < -0.4 is 5.32 Å². The molecular weight excluding hydrogens is 306 g/mol. The normalized spacial score (nSPS) is 26.0. The lowest BCUT2D eigenvalue weighted by atomic mass is 9.97. The predicted molar refractivity (Wildman–Crippen MR) is 95.8 cm³/mol. The van der Waals surface area contributed by atoms with E-state index >= 15 is 0 Å². The van der Waals surface area contributed by atoms with E-state index in [0.717, 1.165) is 32.5 Å². The maximum absolute atomic E-state index is 12.6. The van der Waals surface area contributed by atoms with Crippen molar-refractivity contribution in [1.29, 1.82) is 0 Å². The number of carbonyl (C=O) groups excluding carboxylic acids is 1. The number of nitrogens with zero attached hydrogens (tertiary/aromatic N) is 2. The minimum absolute atomic E-state index is 0.127. The van der Waals surface area contributed by atoms with Gasteiger partial charge >= 0.3 is 6.03 Å². The van der Waals surface area contributed by atoms with Crippen molar-refractivity contribution in [1.82, 2.24) is 15.1 Å². The van der Waals surface area contributed by atoms with E-state index in [0.29, 0.717) is 12.0 Å². The molecule has 0 bridgehead atoms. The second-order valence-corrected chi connectivity index (χ2v) is 8.13. The average Bonchev–Trinajstić information content (AvgIpc) is 3.23. The van der Waals surface area contributed by atoms with Gasteiger partial charge in [-0.05, 0) is 63.4 Å². The Morgan fingerprint density at radius 3 is 2.91 bits per heavy atom. The van der Waals surface area contributed by atoms with Crippen molar-refractivity contribution in [2.24, 2.45) is 5.92 Å². The molecule has 23 heavy (non-hydrogen) atoms. The Balaban J connectivity index is 1.51. The number of thiophene rings is 1. The lowest BCUT2D eigenvalue weighted by molar-refractivity contribution is 0.136. The zero-order chi connectivity index (χ0) is 16.2.